The molecule has 2 aliphatic rings. The van der Waals surface area contributed by atoms with E-state index >= 15 is 0 Å². The van der Waals surface area contributed by atoms with Gasteiger partial charge in [-0.25, -0.2) is 0 Å². The SMILES string of the molecule is CC1(C)CC[C@@H](O)[C@]2(C)c3ccc(O)cc3CCC12. The molecule has 0 aliphatic heterocycles. The monoisotopic (exact) mass is 260 g/mol. The van der Waals surface area contributed by atoms with E-state index in [1.54, 1.807) is 6.07 Å². The van der Waals surface area contributed by atoms with Crippen molar-refractivity contribution in [3.05, 3.63) is 29.3 Å². The number of hydrogen-bond acceptors (Lipinski definition) is 2. The first-order valence-electron chi connectivity index (χ1n) is 7.36. The summed E-state index contributed by atoms with van der Waals surface area (Å²) in [7, 11) is 0. The molecule has 1 fully saturated rings. The average Bonchev–Trinajstić information content (AvgIpc) is 2.34. The lowest BCUT2D eigenvalue weighted by molar-refractivity contribution is -0.0591. The zero-order valence-electron chi connectivity index (χ0n) is 12.1. The molecule has 0 aromatic heterocycles. The summed E-state index contributed by atoms with van der Waals surface area (Å²) in [6, 6.07) is 5.67. The third-order valence-electron chi connectivity index (χ3n) is 5.79. The first kappa shape index (κ1) is 13.0. The van der Waals surface area contributed by atoms with Crippen LogP contribution in [-0.4, -0.2) is 16.3 Å². The van der Waals surface area contributed by atoms with Gasteiger partial charge in [0.25, 0.3) is 0 Å². The van der Waals surface area contributed by atoms with Crippen LogP contribution in [0, 0.1) is 11.3 Å². The Kier molecular flexibility index (Phi) is 2.72. The topological polar surface area (TPSA) is 40.5 Å². The summed E-state index contributed by atoms with van der Waals surface area (Å²) in [6.45, 7) is 6.90. The predicted molar refractivity (Wildman–Crippen MR) is 76.3 cm³/mol. The van der Waals surface area contributed by atoms with Gasteiger partial charge in [-0.15, -0.1) is 0 Å². The van der Waals surface area contributed by atoms with E-state index in [0.29, 0.717) is 11.7 Å². The molecule has 1 aromatic rings. The molecule has 0 heterocycles. The lowest BCUT2D eigenvalue weighted by Crippen LogP contribution is -2.55. The maximum absolute atomic E-state index is 10.6. The number of aryl methyl sites for hydroxylation is 1. The average molecular weight is 260 g/mol. The van der Waals surface area contributed by atoms with Gasteiger partial charge in [0.1, 0.15) is 5.75 Å². The fourth-order valence-electron chi connectivity index (χ4n) is 4.70. The van der Waals surface area contributed by atoms with Gasteiger partial charge in [-0.2, -0.15) is 0 Å². The Morgan fingerprint density at radius 1 is 1.16 bits per heavy atom. The van der Waals surface area contributed by atoms with Crippen molar-refractivity contribution < 1.29 is 10.2 Å². The van der Waals surface area contributed by atoms with Gasteiger partial charge >= 0.3 is 0 Å². The van der Waals surface area contributed by atoms with Crippen molar-refractivity contribution in [3.63, 3.8) is 0 Å². The van der Waals surface area contributed by atoms with Crippen molar-refractivity contribution >= 4 is 0 Å². The molecule has 2 N–H and O–H groups in total. The van der Waals surface area contributed by atoms with E-state index in [4.69, 9.17) is 0 Å². The Balaban J connectivity index is 2.16. The number of rotatable bonds is 0. The van der Waals surface area contributed by atoms with Gasteiger partial charge in [-0.3, -0.25) is 0 Å². The van der Waals surface area contributed by atoms with Crippen LogP contribution in [0.3, 0.4) is 0 Å². The minimum absolute atomic E-state index is 0.164. The zero-order chi connectivity index (χ0) is 13.8. The van der Waals surface area contributed by atoms with Gasteiger partial charge in [-0.1, -0.05) is 26.8 Å². The summed E-state index contributed by atoms with van der Waals surface area (Å²) in [4.78, 5) is 0. The fraction of sp³-hybridized carbons (Fsp3) is 0.647. The molecule has 0 radical (unpaired) electrons. The molecule has 1 aromatic carbocycles. The van der Waals surface area contributed by atoms with Crippen molar-refractivity contribution in [1.82, 2.24) is 0 Å². The highest BCUT2D eigenvalue weighted by Crippen LogP contribution is 2.57. The normalized spacial score (nSPS) is 36.4. The van der Waals surface area contributed by atoms with Crippen molar-refractivity contribution in [1.29, 1.82) is 0 Å². The zero-order valence-corrected chi connectivity index (χ0v) is 12.1. The van der Waals surface area contributed by atoms with E-state index in [-0.39, 0.29) is 16.9 Å². The number of aliphatic hydroxyl groups is 1. The molecule has 1 unspecified atom stereocenters. The molecular formula is C17H24O2. The van der Waals surface area contributed by atoms with Crippen molar-refractivity contribution in [2.24, 2.45) is 11.3 Å². The highest BCUT2D eigenvalue weighted by atomic mass is 16.3. The summed E-state index contributed by atoms with van der Waals surface area (Å²) in [5.41, 5.74) is 2.59. The molecule has 3 atom stereocenters. The molecule has 2 nitrogen and oxygen atoms in total. The molecule has 3 rings (SSSR count). The molecule has 19 heavy (non-hydrogen) atoms. The Hall–Kier alpha value is -1.02. The predicted octanol–water partition coefficient (Wildman–Crippen LogP) is 3.39. The second kappa shape index (κ2) is 3.99. The number of fused-ring (bicyclic) bond motifs is 3. The summed E-state index contributed by atoms with van der Waals surface area (Å²) in [5, 5.41) is 20.3. The second-order valence-corrected chi connectivity index (χ2v) is 7.26. The maximum Gasteiger partial charge on any atom is 0.115 e. The fourth-order valence-corrected chi connectivity index (χ4v) is 4.70. The van der Waals surface area contributed by atoms with E-state index in [0.717, 1.165) is 25.7 Å². The van der Waals surface area contributed by atoms with Crippen LogP contribution in [0.5, 0.6) is 5.75 Å². The Morgan fingerprint density at radius 2 is 1.89 bits per heavy atom. The van der Waals surface area contributed by atoms with Crippen LogP contribution in [0.1, 0.15) is 51.2 Å². The number of aliphatic hydroxyl groups excluding tert-OH is 1. The van der Waals surface area contributed by atoms with Crippen molar-refractivity contribution in [2.45, 2.75) is 58.0 Å². The minimum Gasteiger partial charge on any atom is -0.508 e. The molecule has 0 spiro atoms. The first-order chi connectivity index (χ1) is 8.85. The molecule has 2 heteroatoms. The third-order valence-corrected chi connectivity index (χ3v) is 5.79. The Morgan fingerprint density at radius 3 is 2.63 bits per heavy atom. The molecule has 0 bridgehead atoms. The van der Waals surface area contributed by atoms with Gasteiger partial charge in [0.2, 0.25) is 0 Å². The number of benzene rings is 1. The smallest absolute Gasteiger partial charge is 0.115 e. The van der Waals surface area contributed by atoms with Gasteiger partial charge in [0, 0.05) is 5.41 Å². The molecule has 104 valence electrons. The van der Waals surface area contributed by atoms with E-state index in [2.05, 4.69) is 20.8 Å². The highest BCUT2D eigenvalue weighted by Gasteiger charge is 2.54. The second-order valence-electron chi connectivity index (χ2n) is 7.26. The van der Waals surface area contributed by atoms with Crippen LogP contribution in [0.4, 0.5) is 0 Å². The van der Waals surface area contributed by atoms with Crippen LogP contribution >= 0.6 is 0 Å². The molecule has 2 aliphatic carbocycles. The molecule has 1 saturated carbocycles. The third kappa shape index (κ3) is 1.73. The largest absolute Gasteiger partial charge is 0.508 e. The van der Waals surface area contributed by atoms with Gasteiger partial charge in [0.15, 0.2) is 0 Å². The number of phenols is 1. The van der Waals surface area contributed by atoms with E-state index < -0.39 is 0 Å². The molecule has 0 amide bonds. The Labute approximate surface area is 115 Å². The number of phenolic OH excluding ortho intramolecular Hbond substituents is 1. The summed E-state index contributed by atoms with van der Waals surface area (Å²) in [5.74, 6) is 0.853. The van der Waals surface area contributed by atoms with Gasteiger partial charge < -0.3 is 10.2 Å². The lowest BCUT2D eigenvalue weighted by atomic mass is 9.49. The highest BCUT2D eigenvalue weighted by molar-refractivity contribution is 5.43. The lowest BCUT2D eigenvalue weighted by Gasteiger charge is -2.56. The van der Waals surface area contributed by atoms with Crippen molar-refractivity contribution in [2.75, 3.05) is 0 Å². The summed E-state index contributed by atoms with van der Waals surface area (Å²) in [6.07, 6.45) is 3.83. The minimum atomic E-state index is -0.269. The first-order valence-corrected chi connectivity index (χ1v) is 7.36. The molecular weight excluding hydrogens is 236 g/mol. The van der Waals surface area contributed by atoms with E-state index in [1.807, 2.05) is 12.1 Å². The van der Waals surface area contributed by atoms with Gasteiger partial charge in [0.05, 0.1) is 6.10 Å². The maximum atomic E-state index is 10.6. The van der Waals surface area contributed by atoms with Crippen molar-refractivity contribution in [3.8, 4) is 5.75 Å². The van der Waals surface area contributed by atoms with Crippen LogP contribution in [-0.2, 0) is 11.8 Å². The number of hydrogen-bond donors (Lipinski definition) is 2. The standard InChI is InChI=1S/C17H24O2/c1-16(2)9-8-15(19)17(3)13-6-5-12(18)10-11(13)4-7-14(16)17/h5-6,10,14-15,18-19H,4,7-9H2,1-3H3/t14?,15-,17-/m1/s1. The van der Waals surface area contributed by atoms with Crippen LogP contribution in [0.2, 0.25) is 0 Å². The van der Waals surface area contributed by atoms with E-state index in [9.17, 15) is 10.2 Å². The Bertz CT molecular complexity index is 506. The summed E-state index contributed by atoms with van der Waals surface area (Å²) < 4.78 is 0. The molecule has 0 saturated heterocycles. The quantitative estimate of drug-likeness (QED) is 0.750. The van der Waals surface area contributed by atoms with Crippen LogP contribution in [0.25, 0.3) is 0 Å². The van der Waals surface area contributed by atoms with Gasteiger partial charge in [-0.05, 0) is 60.3 Å². The van der Waals surface area contributed by atoms with Crippen LogP contribution in [0.15, 0.2) is 18.2 Å². The summed E-state index contributed by atoms with van der Waals surface area (Å²) >= 11 is 0. The van der Waals surface area contributed by atoms with Crippen LogP contribution < -0.4 is 0 Å². The number of aromatic hydroxyl groups is 1. The van der Waals surface area contributed by atoms with E-state index in [1.165, 1.54) is 11.1 Å².